The van der Waals surface area contributed by atoms with E-state index in [4.69, 9.17) is 10.5 Å². The van der Waals surface area contributed by atoms with Gasteiger partial charge in [-0.2, -0.15) is 22.3 Å². The first kappa shape index (κ1) is 16.9. The molecule has 0 aliphatic rings. The Labute approximate surface area is 142 Å². The molecule has 114 valence electrons. The quantitative estimate of drug-likeness (QED) is 0.715. The largest absolute Gasteiger partial charge is 0.192 e. The molecule has 0 radical (unpaired) electrons. The zero-order valence-corrected chi connectivity index (χ0v) is 14.2. The summed E-state index contributed by atoms with van der Waals surface area (Å²) in [5, 5.41) is 17.8. The van der Waals surface area contributed by atoms with Gasteiger partial charge >= 0.3 is 0 Å². The van der Waals surface area contributed by atoms with Crippen LogP contribution in [0, 0.1) is 36.5 Å². The van der Waals surface area contributed by atoms with Crippen molar-refractivity contribution in [3.8, 4) is 12.1 Å². The molecule has 0 N–H and O–H groups in total. The van der Waals surface area contributed by atoms with E-state index in [2.05, 4.69) is 43.3 Å². The third kappa shape index (κ3) is 4.74. The molecule has 0 fully saturated rings. The topological polar surface area (TPSA) is 47.6 Å². The number of aryl methyl sites for hydroxylation is 2. The van der Waals surface area contributed by atoms with E-state index in [1.165, 1.54) is 16.7 Å². The van der Waals surface area contributed by atoms with Crippen molar-refractivity contribution in [2.45, 2.75) is 25.4 Å². The van der Waals surface area contributed by atoms with Crippen LogP contribution < -0.4 is 0 Å². The molecule has 2 nitrogen and oxygen atoms in total. The predicted octanol–water partition coefficient (Wildman–Crippen LogP) is 5.17. The number of rotatable bonds is 5. The molecule has 0 aliphatic carbocycles. The van der Waals surface area contributed by atoms with E-state index < -0.39 is 0 Å². The highest BCUT2D eigenvalue weighted by Crippen LogP contribution is 2.24. The third-order valence-electron chi connectivity index (χ3n) is 3.63. The highest BCUT2D eigenvalue weighted by Gasteiger charge is 2.05. The number of nitrogens with zero attached hydrogens (tertiary/aromatic N) is 2. The molecule has 0 amide bonds. The molecule has 2 aromatic rings. The van der Waals surface area contributed by atoms with Crippen LogP contribution in [0.1, 0.15) is 27.8 Å². The standard InChI is InChI=1S/C20H18N2S/c1-15-8-16(2)20(10-19(15)9-18(11-21)12-22)14-23-13-17-6-4-3-5-7-17/h3-10H,13-14H2,1-2H3. The van der Waals surface area contributed by atoms with E-state index in [-0.39, 0.29) is 5.57 Å². The monoisotopic (exact) mass is 318 g/mol. The number of thioether (sulfide) groups is 1. The summed E-state index contributed by atoms with van der Waals surface area (Å²) in [5.41, 5.74) is 5.98. The Balaban J connectivity index is 2.15. The lowest BCUT2D eigenvalue weighted by Crippen LogP contribution is -1.93. The maximum Gasteiger partial charge on any atom is 0.130 e. The molecule has 0 saturated carbocycles. The molecule has 3 heteroatoms. The number of hydrogen-bond donors (Lipinski definition) is 0. The van der Waals surface area contributed by atoms with Crippen molar-refractivity contribution in [3.05, 3.63) is 75.9 Å². The minimum atomic E-state index is 0.139. The van der Waals surface area contributed by atoms with Crippen LogP contribution in [0.2, 0.25) is 0 Å². The molecule has 0 atom stereocenters. The maximum absolute atomic E-state index is 8.92. The Kier molecular flexibility index (Phi) is 6.03. The van der Waals surface area contributed by atoms with Gasteiger partial charge in [-0.05, 0) is 47.7 Å². The summed E-state index contributed by atoms with van der Waals surface area (Å²) in [4.78, 5) is 0. The Morgan fingerprint density at radius 3 is 2.35 bits per heavy atom. The minimum absolute atomic E-state index is 0.139. The van der Waals surface area contributed by atoms with Crippen LogP contribution in [0.3, 0.4) is 0 Å². The molecule has 0 heterocycles. The van der Waals surface area contributed by atoms with Gasteiger partial charge in [0, 0.05) is 11.5 Å². The van der Waals surface area contributed by atoms with Gasteiger partial charge in [-0.15, -0.1) is 0 Å². The van der Waals surface area contributed by atoms with E-state index in [0.717, 1.165) is 22.6 Å². The average molecular weight is 318 g/mol. The second-order valence-corrected chi connectivity index (χ2v) is 6.38. The van der Waals surface area contributed by atoms with Gasteiger partial charge in [0.05, 0.1) is 0 Å². The van der Waals surface area contributed by atoms with Crippen molar-refractivity contribution in [2.75, 3.05) is 0 Å². The molecule has 2 aromatic carbocycles. The summed E-state index contributed by atoms with van der Waals surface area (Å²) >= 11 is 1.87. The number of hydrogen-bond acceptors (Lipinski definition) is 3. The molecule has 0 saturated heterocycles. The van der Waals surface area contributed by atoms with Gasteiger partial charge in [-0.1, -0.05) is 42.5 Å². The lowest BCUT2D eigenvalue weighted by Gasteiger charge is -2.10. The molecule has 0 spiro atoms. The van der Waals surface area contributed by atoms with Crippen LogP contribution in [0.25, 0.3) is 6.08 Å². The second-order valence-electron chi connectivity index (χ2n) is 5.40. The molecule has 0 unspecified atom stereocenters. The predicted molar refractivity (Wildman–Crippen MR) is 96.6 cm³/mol. The van der Waals surface area contributed by atoms with Gasteiger partial charge in [0.1, 0.15) is 17.7 Å². The van der Waals surface area contributed by atoms with Crippen LogP contribution in [0.15, 0.2) is 48.0 Å². The molecule has 2 rings (SSSR count). The van der Waals surface area contributed by atoms with E-state index >= 15 is 0 Å². The molecule has 23 heavy (non-hydrogen) atoms. The summed E-state index contributed by atoms with van der Waals surface area (Å²) in [6.07, 6.45) is 1.67. The second kappa shape index (κ2) is 8.22. The normalized spacial score (nSPS) is 9.74. The van der Waals surface area contributed by atoms with Gasteiger partial charge in [0.2, 0.25) is 0 Å². The van der Waals surface area contributed by atoms with Crippen LogP contribution in [0.4, 0.5) is 0 Å². The van der Waals surface area contributed by atoms with Crippen molar-refractivity contribution >= 4 is 17.8 Å². The summed E-state index contributed by atoms with van der Waals surface area (Å²) in [6, 6.07) is 18.5. The van der Waals surface area contributed by atoms with Gasteiger partial charge in [-0.3, -0.25) is 0 Å². The Bertz CT molecular complexity index is 777. The smallest absolute Gasteiger partial charge is 0.130 e. The summed E-state index contributed by atoms with van der Waals surface area (Å²) < 4.78 is 0. The summed E-state index contributed by atoms with van der Waals surface area (Å²) in [6.45, 7) is 4.11. The van der Waals surface area contributed by atoms with E-state index in [1.54, 1.807) is 6.08 Å². The van der Waals surface area contributed by atoms with Crippen molar-refractivity contribution in [3.63, 3.8) is 0 Å². The van der Waals surface area contributed by atoms with Crippen LogP contribution in [0.5, 0.6) is 0 Å². The first-order valence-electron chi connectivity index (χ1n) is 7.37. The Morgan fingerprint density at radius 1 is 1.00 bits per heavy atom. The van der Waals surface area contributed by atoms with E-state index in [1.807, 2.05) is 36.9 Å². The lowest BCUT2D eigenvalue weighted by molar-refractivity contribution is 1.26. The SMILES string of the molecule is Cc1cc(C)c(CSCc2ccccc2)cc1C=C(C#N)C#N. The van der Waals surface area contributed by atoms with Gasteiger partial charge in [0.25, 0.3) is 0 Å². The number of benzene rings is 2. The maximum atomic E-state index is 8.92. The molecule has 0 bridgehead atoms. The van der Waals surface area contributed by atoms with Crippen molar-refractivity contribution in [1.82, 2.24) is 0 Å². The summed E-state index contributed by atoms with van der Waals surface area (Å²) in [5.74, 6) is 1.89. The highest BCUT2D eigenvalue weighted by atomic mass is 32.2. The minimum Gasteiger partial charge on any atom is -0.192 e. The van der Waals surface area contributed by atoms with Crippen LogP contribution >= 0.6 is 11.8 Å². The highest BCUT2D eigenvalue weighted by molar-refractivity contribution is 7.97. The molecular weight excluding hydrogens is 300 g/mol. The lowest BCUT2D eigenvalue weighted by atomic mass is 9.99. The van der Waals surface area contributed by atoms with Crippen molar-refractivity contribution in [2.24, 2.45) is 0 Å². The van der Waals surface area contributed by atoms with E-state index in [9.17, 15) is 0 Å². The average Bonchev–Trinajstić information content (AvgIpc) is 2.57. The van der Waals surface area contributed by atoms with Gasteiger partial charge in [-0.25, -0.2) is 0 Å². The Morgan fingerprint density at radius 2 is 1.70 bits per heavy atom. The van der Waals surface area contributed by atoms with E-state index in [0.29, 0.717) is 0 Å². The first-order chi connectivity index (χ1) is 11.1. The third-order valence-corrected chi connectivity index (χ3v) is 4.69. The van der Waals surface area contributed by atoms with Gasteiger partial charge < -0.3 is 0 Å². The number of allylic oxidation sites excluding steroid dienone is 1. The zero-order chi connectivity index (χ0) is 16.7. The molecule has 0 aliphatic heterocycles. The fourth-order valence-electron chi connectivity index (χ4n) is 2.33. The molecular formula is C20H18N2S. The van der Waals surface area contributed by atoms with Crippen molar-refractivity contribution in [1.29, 1.82) is 10.5 Å². The summed E-state index contributed by atoms with van der Waals surface area (Å²) in [7, 11) is 0. The molecule has 0 aromatic heterocycles. The zero-order valence-electron chi connectivity index (χ0n) is 13.3. The number of nitriles is 2. The first-order valence-corrected chi connectivity index (χ1v) is 8.53. The van der Waals surface area contributed by atoms with Crippen molar-refractivity contribution < 1.29 is 0 Å². The van der Waals surface area contributed by atoms with Crippen LogP contribution in [-0.2, 0) is 11.5 Å². The fraction of sp³-hybridized carbons (Fsp3) is 0.200. The fourth-order valence-corrected chi connectivity index (χ4v) is 3.39. The van der Waals surface area contributed by atoms with Crippen LogP contribution in [-0.4, -0.2) is 0 Å². The van der Waals surface area contributed by atoms with Gasteiger partial charge in [0.15, 0.2) is 0 Å². The Hall–Kier alpha value is -2.49.